The van der Waals surface area contributed by atoms with Crippen LogP contribution in [0.2, 0.25) is 0 Å². The van der Waals surface area contributed by atoms with Crippen LogP contribution >= 0.6 is 0 Å². The highest BCUT2D eigenvalue weighted by Gasteiger charge is 2.08. The van der Waals surface area contributed by atoms with Crippen LogP contribution in [-0.4, -0.2) is 18.0 Å². The Bertz CT molecular complexity index is 467. The molecule has 0 aliphatic rings. The quantitative estimate of drug-likeness (QED) is 0.798. The first kappa shape index (κ1) is 14.8. The summed E-state index contributed by atoms with van der Waals surface area (Å²) in [5.41, 5.74) is 7.45. The van der Waals surface area contributed by atoms with Gasteiger partial charge in [0, 0.05) is 6.04 Å². The van der Waals surface area contributed by atoms with Gasteiger partial charge in [-0.05, 0) is 43.6 Å². The molecular weight excluding hydrogens is 248 g/mol. The normalized spacial score (nSPS) is 12.8. The van der Waals surface area contributed by atoms with Gasteiger partial charge in [-0.1, -0.05) is 37.3 Å². The van der Waals surface area contributed by atoms with Crippen molar-refractivity contribution in [1.29, 1.82) is 0 Å². The zero-order valence-corrected chi connectivity index (χ0v) is 12.2. The summed E-state index contributed by atoms with van der Waals surface area (Å²) in [6, 6.07) is 14.4. The van der Waals surface area contributed by atoms with E-state index >= 15 is 0 Å². The molecule has 0 spiro atoms. The van der Waals surface area contributed by atoms with Crippen molar-refractivity contribution in [2.75, 3.05) is 13.1 Å². The molecule has 1 aromatic heterocycles. The van der Waals surface area contributed by atoms with E-state index in [-0.39, 0.29) is 6.04 Å². The van der Waals surface area contributed by atoms with Gasteiger partial charge in [0.05, 0.1) is 12.8 Å². The molecule has 1 unspecified atom stereocenters. The Morgan fingerprint density at radius 2 is 1.95 bits per heavy atom. The minimum absolute atomic E-state index is 0.138. The van der Waals surface area contributed by atoms with Crippen molar-refractivity contribution >= 4 is 0 Å². The molecule has 1 atom stereocenters. The summed E-state index contributed by atoms with van der Waals surface area (Å²) in [7, 11) is 0. The van der Waals surface area contributed by atoms with Crippen molar-refractivity contribution < 1.29 is 4.42 Å². The third kappa shape index (κ3) is 4.51. The molecule has 3 heteroatoms. The van der Waals surface area contributed by atoms with Crippen molar-refractivity contribution in [2.24, 2.45) is 5.73 Å². The molecule has 0 bridgehead atoms. The fraction of sp³-hybridized carbons (Fsp3) is 0.412. The average Bonchev–Trinajstić information content (AvgIpc) is 3.00. The Labute approximate surface area is 121 Å². The standard InChI is InChI=1S/C17H24N2O/c1-2-19(14-16-10-7-13-20-16)12-6-11-17(18)15-8-4-3-5-9-15/h3-5,7-10,13,17H,2,6,11-12,14,18H2,1H3. The molecule has 20 heavy (non-hydrogen) atoms. The maximum Gasteiger partial charge on any atom is 0.117 e. The van der Waals surface area contributed by atoms with Crippen molar-refractivity contribution in [3.8, 4) is 0 Å². The van der Waals surface area contributed by atoms with E-state index in [2.05, 4.69) is 24.0 Å². The van der Waals surface area contributed by atoms with E-state index in [1.54, 1.807) is 6.26 Å². The van der Waals surface area contributed by atoms with Gasteiger partial charge in [-0.2, -0.15) is 0 Å². The minimum atomic E-state index is 0.138. The van der Waals surface area contributed by atoms with Gasteiger partial charge in [-0.25, -0.2) is 0 Å². The summed E-state index contributed by atoms with van der Waals surface area (Å²) in [4.78, 5) is 2.39. The number of hydrogen-bond acceptors (Lipinski definition) is 3. The van der Waals surface area contributed by atoms with Crippen LogP contribution in [0, 0.1) is 0 Å². The third-order valence-corrected chi connectivity index (χ3v) is 3.62. The minimum Gasteiger partial charge on any atom is -0.468 e. The Morgan fingerprint density at radius 1 is 1.15 bits per heavy atom. The molecule has 0 radical (unpaired) electrons. The van der Waals surface area contributed by atoms with E-state index < -0.39 is 0 Å². The number of nitrogens with two attached hydrogens (primary N) is 1. The van der Waals surface area contributed by atoms with Crippen LogP contribution in [0.1, 0.15) is 37.1 Å². The lowest BCUT2D eigenvalue weighted by atomic mass is 10.0. The molecule has 2 aromatic rings. The fourth-order valence-electron chi connectivity index (χ4n) is 2.37. The number of hydrogen-bond donors (Lipinski definition) is 1. The summed E-state index contributed by atoms with van der Waals surface area (Å²) in [6.45, 7) is 5.14. The smallest absolute Gasteiger partial charge is 0.117 e. The second kappa shape index (κ2) is 7.88. The third-order valence-electron chi connectivity index (χ3n) is 3.62. The van der Waals surface area contributed by atoms with E-state index in [1.165, 1.54) is 5.56 Å². The summed E-state index contributed by atoms with van der Waals surface area (Å²) in [5, 5.41) is 0. The van der Waals surface area contributed by atoms with Crippen LogP contribution in [0.15, 0.2) is 53.1 Å². The van der Waals surface area contributed by atoms with Crippen molar-refractivity contribution in [1.82, 2.24) is 4.90 Å². The first-order valence-corrected chi connectivity index (χ1v) is 7.35. The average molecular weight is 272 g/mol. The highest BCUT2D eigenvalue weighted by molar-refractivity contribution is 5.18. The van der Waals surface area contributed by atoms with Crippen molar-refractivity contribution in [3.63, 3.8) is 0 Å². The SMILES string of the molecule is CCN(CCCC(N)c1ccccc1)Cc1ccco1. The van der Waals surface area contributed by atoms with Gasteiger partial charge >= 0.3 is 0 Å². The Balaban J connectivity index is 1.73. The summed E-state index contributed by atoms with van der Waals surface area (Å²) < 4.78 is 5.40. The molecule has 2 rings (SSSR count). The highest BCUT2D eigenvalue weighted by atomic mass is 16.3. The van der Waals surface area contributed by atoms with Crippen LogP contribution in [0.5, 0.6) is 0 Å². The van der Waals surface area contributed by atoms with Gasteiger partial charge in [0.2, 0.25) is 0 Å². The Kier molecular flexibility index (Phi) is 5.84. The molecule has 0 saturated carbocycles. The van der Waals surface area contributed by atoms with E-state index in [0.717, 1.165) is 38.2 Å². The van der Waals surface area contributed by atoms with Crippen LogP contribution in [0.25, 0.3) is 0 Å². The second-order valence-electron chi connectivity index (χ2n) is 5.11. The van der Waals surface area contributed by atoms with Gasteiger partial charge in [0.15, 0.2) is 0 Å². The maximum atomic E-state index is 6.22. The Morgan fingerprint density at radius 3 is 2.60 bits per heavy atom. The van der Waals surface area contributed by atoms with Crippen LogP contribution < -0.4 is 5.73 Å². The number of furan rings is 1. The van der Waals surface area contributed by atoms with Crippen molar-refractivity contribution in [3.05, 3.63) is 60.1 Å². The molecule has 2 N–H and O–H groups in total. The van der Waals surface area contributed by atoms with Crippen LogP contribution in [0.3, 0.4) is 0 Å². The number of nitrogens with zero attached hydrogens (tertiary/aromatic N) is 1. The largest absolute Gasteiger partial charge is 0.468 e. The van der Waals surface area contributed by atoms with E-state index in [0.29, 0.717) is 0 Å². The topological polar surface area (TPSA) is 42.4 Å². The Hall–Kier alpha value is -1.58. The zero-order valence-electron chi connectivity index (χ0n) is 12.2. The van der Waals surface area contributed by atoms with Gasteiger partial charge in [-0.3, -0.25) is 4.90 Å². The zero-order chi connectivity index (χ0) is 14.2. The summed E-state index contributed by atoms with van der Waals surface area (Å²) in [5.74, 6) is 1.03. The molecule has 0 amide bonds. The molecule has 0 fully saturated rings. The molecule has 3 nitrogen and oxygen atoms in total. The molecule has 1 aromatic carbocycles. The molecule has 108 valence electrons. The first-order chi connectivity index (χ1) is 9.79. The molecule has 0 aliphatic heterocycles. The van der Waals surface area contributed by atoms with E-state index in [9.17, 15) is 0 Å². The monoisotopic (exact) mass is 272 g/mol. The predicted molar refractivity (Wildman–Crippen MR) is 82.3 cm³/mol. The van der Waals surface area contributed by atoms with Gasteiger partial charge < -0.3 is 10.2 Å². The van der Waals surface area contributed by atoms with Crippen LogP contribution in [-0.2, 0) is 6.54 Å². The van der Waals surface area contributed by atoms with Gasteiger partial charge in [-0.15, -0.1) is 0 Å². The van der Waals surface area contributed by atoms with E-state index in [4.69, 9.17) is 10.2 Å². The van der Waals surface area contributed by atoms with Gasteiger partial charge in [0.1, 0.15) is 5.76 Å². The molecule has 0 aliphatic carbocycles. The fourth-order valence-corrected chi connectivity index (χ4v) is 2.37. The number of rotatable bonds is 8. The predicted octanol–water partition coefficient (Wildman–Crippen LogP) is 3.58. The van der Waals surface area contributed by atoms with Crippen molar-refractivity contribution in [2.45, 2.75) is 32.4 Å². The molecular formula is C17H24N2O. The molecule has 1 heterocycles. The first-order valence-electron chi connectivity index (χ1n) is 7.35. The van der Waals surface area contributed by atoms with Crippen LogP contribution in [0.4, 0.5) is 0 Å². The second-order valence-corrected chi connectivity index (χ2v) is 5.11. The summed E-state index contributed by atoms with van der Waals surface area (Å²) in [6.07, 6.45) is 3.85. The molecule has 0 saturated heterocycles. The highest BCUT2D eigenvalue weighted by Crippen LogP contribution is 2.16. The lowest BCUT2D eigenvalue weighted by Gasteiger charge is -2.20. The van der Waals surface area contributed by atoms with Gasteiger partial charge in [0.25, 0.3) is 0 Å². The van der Waals surface area contributed by atoms with E-state index in [1.807, 2.05) is 30.3 Å². The summed E-state index contributed by atoms with van der Waals surface area (Å²) >= 11 is 0. The maximum absolute atomic E-state index is 6.22. The lowest BCUT2D eigenvalue weighted by molar-refractivity contribution is 0.248. The lowest BCUT2D eigenvalue weighted by Crippen LogP contribution is -2.24. The number of benzene rings is 1.